The summed E-state index contributed by atoms with van der Waals surface area (Å²) in [4.78, 5) is 6.89. The average molecular weight is 289 g/mol. The van der Waals surface area contributed by atoms with Gasteiger partial charge in [0.25, 0.3) is 0 Å². The van der Waals surface area contributed by atoms with Gasteiger partial charge in [0.05, 0.1) is 5.69 Å². The third-order valence-corrected chi connectivity index (χ3v) is 4.11. The van der Waals surface area contributed by atoms with E-state index in [0.29, 0.717) is 0 Å². The number of nitrogens with one attached hydrogen (secondary N) is 1. The summed E-state index contributed by atoms with van der Waals surface area (Å²) in [5.74, 6) is 0. The summed E-state index contributed by atoms with van der Waals surface area (Å²) in [6, 6.07) is 8.64. The fourth-order valence-corrected chi connectivity index (χ4v) is 2.89. The van der Waals surface area contributed by atoms with Crippen LogP contribution in [0.4, 0.5) is 5.13 Å². The van der Waals surface area contributed by atoms with Crippen LogP contribution in [0.3, 0.4) is 0 Å². The fraction of sp³-hybridized carbons (Fsp3) is 0.438. The summed E-state index contributed by atoms with van der Waals surface area (Å²) < 4.78 is 0. The highest BCUT2D eigenvalue weighted by Gasteiger charge is 2.07. The smallest absolute Gasteiger partial charge is 0.185 e. The van der Waals surface area contributed by atoms with Crippen LogP contribution in [0.5, 0.6) is 0 Å². The van der Waals surface area contributed by atoms with Gasteiger partial charge in [-0.3, -0.25) is 0 Å². The van der Waals surface area contributed by atoms with Gasteiger partial charge in [-0.15, -0.1) is 11.3 Å². The van der Waals surface area contributed by atoms with Gasteiger partial charge in [-0.1, -0.05) is 36.8 Å². The molecule has 0 aliphatic heterocycles. The molecule has 20 heavy (non-hydrogen) atoms. The van der Waals surface area contributed by atoms with E-state index in [0.717, 1.165) is 36.9 Å². The Morgan fingerprint density at radius 1 is 1.35 bits per heavy atom. The molecule has 0 unspecified atom stereocenters. The molecule has 0 bridgehead atoms. The molecule has 0 radical (unpaired) electrons. The standard InChI is InChI=1S/C16H23N3S/c1-4-8-17-10-15-12-20-16(18-15)19(3)11-14-7-5-6-13(2)9-14/h5-7,9,12,17H,4,8,10-11H2,1-3H3. The molecule has 3 nitrogen and oxygen atoms in total. The minimum absolute atomic E-state index is 0.864. The van der Waals surface area contributed by atoms with Crippen LogP contribution < -0.4 is 10.2 Å². The molecule has 1 aromatic heterocycles. The minimum Gasteiger partial charge on any atom is -0.347 e. The summed E-state index contributed by atoms with van der Waals surface area (Å²) >= 11 is 1.71. The number of rotatable bonds is 7. The highest BCUT2D eigenvalue weighted by molar-refractivity contribution is 7.13. The zero-order valence-electron chi connectivity index (χ0n) is 12.5. The monoisotopic (exact) mass is 289 g/mol. The molecule has 2 aromatic rings. The molecule has 0 amide bonds. The summed E-state index contributed by atoms with van der Waals surface area (Å²) in [6.07, 6.45) is 1.16. The van der Waals surface area contributed by atoms with Crippen LogP contribution in [0.25, 0.3) is 0 Å². The number of aromatic nitrogens is 1. The maximum Gasteiger partial charge on any atom is 0.185 e. The Kier molecular flexibility index (Phi) is 5.56. The van der Waals surface area contributed by atoms with Crippen molar-refractivity contribution in [2.24, 2.45) is 0 Å². The van der Waals surface area contributed by atoms with E-state index >= 15 is 0 Å². The molecule has 0 saturated heterocycles. The fourth-order valence-electron chi connectivity index (χ4n) is 2.10. The predicted octanol–water partition coefficient (Wildman–Crippen LogP) is 3.59. The second kappa shape index (κ2) is 7.41. The molecule has 0 aliphatic carbocycles. The molecule has 0 atom stereocenters. The number of nitrogens with zero attached hydrogens (tertiary/aromatic N) is 2. The van der Waals surface area contributed by atoms with Gasteiger partial charge in [0.2, 0.25) is 0 Å². The van der Waals surface area contributed by atoms with E-state index in [-0.39, 0.29) is 0 Å². The normalized spacial score (nSPS) is 10.8. The molecule has 0 fully saturated rings. The molecule has 0 aliphatic rings. The van der Waals surface area contributed by atoms with Crippen molar-refractivity contribution in [1.29, 1.82) is 0 Å². The molecule has 1 heterocycles. The van der Waals surface area contributed by atoms with E-state index in [2.05, 4.69) is 65.7 Å². The van der Waals surface area contributed by atoms with Crippen LogP contribution in [0.15, 0.2) is 29.6 Å². The highest BCUT2D eigenvalue weighted by Crippen LogP contribution is 2.21. The van der Waals surface area contributed by atoms with Crippen molar-refractivity contribution in [1.82, 2.24) is 10.3 Å². The lowest BCUT2D eigenvalue weighted by atomic mass is 10.1. The van der Waals surface area contributed by atoms with Crippen molar-refractivity contribution in [2.75, 3.05) is 18.5 Å². The van der Waals surface area contributed by atoms with Crippen LogP contribution in [-0.4, -0.2) is 18.6 Å². The Morgan fingerprint density at radius 2 is 2.20 bits per heavy atom. The van der Waals surface area contributed by atoms with Gasteiger partial charge in [0, 0.05) is 25.5 Å². The SMILES string of the molecule is CCCNCc1csc(N(C)Cc2cccc(C)c2)n1. The van der Waals surface area contributed by atoms with Gasteiger partial charge in [0.1, 0.15) is 0 Å². The molecular weight excluding hydrogens is 266 g/mol. The minimum atomic E-state index is 0.864. The lowest BCUT2D eigenvalue weighted by molar-refractivity contribution is 0.666. The zero-order chi connectivity index (χ0) is 14.4. The number of benzene rings is 1. The van der Waals surface area contributed by atoms with E-state index in [1.165, 1.54) is 11.1 Å². The number of thiazole rings is 1. The first-order valence-corrected chi connectivity index (χ1v) is 7.99. The maximum atomic E-state index is 4.68. The number of hydrogen-bond acceptors (Lipinski definition) is 4. The Morgan fingerprint density at radius 3 is 2.95 bits per heavy atom. The molecule has 108 valence electrons. The molecular formula is C16H23N3S. The first-order chi connectivity index (χ1) is 9.69. The van der Waals surface area contributed by atoms with Gasteiger partial charge < -0.3 is 10.2 Å². The third-order valence-electron chi connectivity index (χ3n) is 3.10. The van der Waals surface area contributed by atoms with Crippen LogP contribution in [0.1, 0.15) is 30.2 Å². The van der Waals surface area contributed by atoms with Gasteiger partial charge >= 0.3 is 0 Å². The second-order valence-electron chi connectivity index (χ2n) is 5.14. The maximum absolute atomic E-state index is 4.68. The van der Waals surface area contributed by atoms with E-state index in [1.807, 2.05) is 0 Å². The number of hydrogen-bond donors (Lipinski definition) is 1. The van der Waals surface area contributed by atoms with Crippen molar-refractivity contribution in [3.05, 3.63) is 46.5 Å². The van der Waals surface area contributed by atoms with Crippen molar-refractivity contribution >= 4 is 16.5 Å². The molecule has 1 N–H and O–H groups in total. The lowest BCUT2D eigenvalue weighted by Gasteiger charge is -2.16. The topological polar surface area (TPSA) is 28.2 Å². The van der Waals surface area contributed by atoms with E-state index in [1.54, 1.807) is 11.3 Å². The van der Waals surface area contributed by atoms with Crippen molar-refractivity contribution in [2.45, 2.75) is 33.4 Å². The van der Waals surface area contributed by atoms with Gasteiger partial charge in [-0.05, 0) is 25.5 Å². The Balaban J connectivity index is 1.93. The van der Waals surface area contributed by atoms with Gasteiger partial charge in [-0.2, -0.15) is 0 Å². The van der Waals surface area contributed by atoms with Crippen LogP contribution in [0.2, 0.25) is 0 Å². The van der Waals surface area contributed by atoms with Crippen LogP contribution >= 0.6 is 11.3 Å². The van der Waals surface area contributed by atoms with Crippen LogP contribution in [-0.2, 0) is 13.1 Å². The van der Waals surface area contributed by atoms with Crippen molar-refractivity contribution in [3.63, 3.8) is 0 Å². The van der Waals surface area contributed by atoms with Gasteiger partial charge in [0.15, 0.2) is 5.13 Å². The van der Waals surface area contributed by atoms with Crippen molar-refractivity contribution in [3.8, 4) is 0 Å². The van der Waals surface area contributed by atoms with Crippen molar-refractivity contribution < 1.29 is 0 Å². The first kappa shape index (κ1) is 15.0. The molecule has 0 spiro atoms. The largest absolute Gasteiger partial charge is 0.347 e. The summed E-state index contributed by atoms with van der Waals surface area (Å²) in [5, 5.41) is 6.61. The highest BCUT2D eigenvalue weighted by atomic mass is 32.1. The van der Waals surface area contributed by atoms with E-state index in [9.17, 15) is 0 Å². The summed E-state index contributed by atoms with van der Waals surface area (Å²) in [7, 11) is 2.10. The molecule has 1 aromatic carbocycles. The second-order valence-corrected chi connectivity index (χ2v) is 5.98. The molecule has 4 heteroatoms. The first-order valence-electron chi connectivity index (χ1n) is 7.11. The predicted molar refractivity (Wildman–Crippen MR) is 87.4 cm³/mol. The van der Waals surface area contributed by atoms with E-state index < -0.39 is 0 Å². The van der Waals surface area contributed by atoms with E-state index in [4.69, 9.17) is 0 Å². The Bertz CT molecular complexity index is 536. The molecule has 2 rings (SSSR count). The third kappa shape index (κ3) is 4.32. The lowest BCUT2D eigenvalue weighted by Crippen LogP contribution is -2.17. The van der Waals surface area contributed by atoms with Gasteiger partial charge in [-0.25, -0.2) is 4.98 Å². The van der Waals surface area contributed by atoms with Crippen LogP contribution in [0, 0.1) is 6.92 Å². The number of anilines is 1. The number of aryl methyl sites for hydroxylation is 1. The summed E-state index contributed by atoms with van der Waals surface area (Å²) in [5.41, 5.74) is 3.77. The Labute approximate surface area is 125 Å². The average Bonchev–Trinajstić information content (AvgIpc) is 2.88. The Hall–Kier alpha value is -1.39. The molecule has 0 saturated carbocycles. The summed E-state index contributed by atoms with van der Waals surface area (Å²) in [6.45, 7) is 7.12. The zero-order valence-corrected chi connectivity index (χ0v) is 13.3. The quantitative estimate of drug-likeness (QED) is 0.790.